The first-order valence-corrected chi connectivity index (χ1v) is 13.3. The third-order valence-corrected chi connectivity index (χ3v) is 6.19. The molecule has 0 unspecified atom stereocenters. The van der Waals surface area contributed by atoms with Crippen molar-refractivity contribution in [1.82, 2.24) is 20.5 Å². The van der Waals surface area contributed by atoms with Gasteiger partial charge in [0.15, 0.2) is 0 Å². The molecule has 188 valence electrons. The summed E-state index contributed by atoms with van der Waals surface area (Å²) < 4.78 is 5.96. The van der Waals surface area contributed by atoms with Crippen molar-refractivity contribution < 1.29 is 9.53 Å². The topological polar surface area (TPSA) is 92.3 Å². The number of aromatic amines is 1. The van der Waals surface area contributed by atoms with Crippen molar-refractivity contribution >= 4 is 30.0 Å². The lowest BCUT2D eigenvalue weighted by atomic mass is 9.99. The van der Waals surface area contributed by atoms with Crippen LogP contribution in [-0.2, 0) is 6.42 Å². The Morgan fingerprint density at radius 2 is 2.03 bits per heavy atom. The maximum absolute atomic E-state index is 12.8. The number of aryl methyl sites for hydroxylation is 1. The first kappa shape index (κ1) is 26.9. The summed E-state index contributed by atoms with van der Waals surface area (Å²) in [5.41, 5.74) is 4.05. The van der Waals surface area contributed by atoms with Crippen LogP contribution in [0.25, 0.3) is 5.57 Å². The Balaban J connectivity index is 1.69. The molecule has 0 saturated heterocycles. The molecule has 1 aromatic heterocycles. The van der Waals surface area contributed by atoms with Crippen LogP contribution in [0.4, 0.5) is 0 Å². The van der Waals surface area contributed by atoms with Gasteiger partial charge in [-0.1, -0.05) is 42.5 Å². The van der Waals surface area contributed by atoms with Gasteiger partial charge in [0.25, 0.3) is 5.91 Å². The summed E-state index contributed by atoms with van der Waals surface area (Å²) in [6, 6.07) is 15.9. The fourth-order valence-electron chi connectivity index (χ4n) is 3.56. The van der Waals surface area contributed by atoms with Crippen LogP contribution < -0.4 is 10.1 Å². The Hall–Kier alpha value is -3.65. The number of benzene rings is 2. The fraction of sp³-hybridized carbons (Fsp3) is 0.286. The van der Waals surface area contributed by atoms with Gasteiger partial charge in [0.1, 0.15) is 17.4 Å². The van der Waals surface area contributed by atoms with E-state index in [1.165, 1.54) is 0 Å². The lowest BCUT2D eigenvalue weighted by Crippen LogP contribution is -2.23. The number of unbranched alkanes of at least 4 members (excludes halogenated alkanes) is 1. The highest BCUT2D eigenvalue weighted by molar-refractivity contribution is 7.98. The second-order valence-electron chi connectivity index (χ2n) is 8.18. The minimum absolute atomic E-state index is 0.0468. The molecule has 2 N–H and O–H groups in total. The van der Waals surface area contributed by atoms with Crippen LogP contribution in [0.2, 0.25) is 0 Å². The van der Waals surface area contributed by atoms with Crippen LogP contribution in [0.15, 0.2) is 71.5 Å². The molecule has 2 aromatic carbocycles. The molecule has 8 heteroatoms. The number of aromatic nitrogens is 3. The largest absolute Gasteiger partial charge is 0.494 e. The van der Waals surface area contributed by atoms with Gasteiger partial charge < -0.3 is 10.1 Å². The summed E-state index contributed by atoms with van der Waals surface area (Å²) in [6.45, 7) is 8.28. The van der Waals surface area contributed by atoms with E-state index in [4.69, 9.17) is 4.74 Å². The number of thioether (sulfide) groups is 1. The highest BCUT2D eigenvalue weighted by Gasteiger charge is 2.15. The van der Waals surface area contributed by atoms with E-state index in [-0.39, 0.29) is 5.82 Å². The summed E-state index contributed by atoms with van der Waals surface area (Å²) >= 11 is 1.85. The van der Waals surface area contributed by atoms with Gasteiger partial charge >= 0.3 is 0 Å². The molecule has 0 aliphatic carbocycles. The van der Waals surface area contributed by atoms with Gasteiger partial charge in [0.2, 0.25) is 5.82 Å². The summed E-state index contributed by atoms with van der Waals surface area (Å²) in [6.07, 6.45) is 8.57. The van der Waals surface area contributed by atoms with Gasteiger partial charge in [0.05, 0.1) is 6.61 Å². The van der Waals surface area contributed by atoms with Crippen molar-refractivity contribution in [2.24, 2.45) is 4.99 Å². The number of allylic oxidation sites excluding steroid dienone is 3. The Bertz CT molecular complexity index is 1220. The number of nitrogens with zero attached hydrogens (tertiary/aromatic N) is 3. The number of aliphatic imine (C=N–C) groups is 1. The second-order valence-corrected chi connectivity index (χ2v) is 9.16. The first-order valence-electron chi connectivity index (χ1n) is 11.9. The average Bonchev–Trinajstić information content (AvgIpc) is 3.36. The van der Waals surface area contributed by atoms with Crippen molar-refractivity contribution in [3.63, 3.8) is 0 Å². The van der Waals surface area contributed by atoms with Crippen molar-refractivity contribution in [3.05, 3.63) is 94.8 Å². The fourth-order valence-corrected chi connectivity index (χ4v) is 4.06. The maximum Gasteiger partial charge on any atom is 0.296 e. The molecule has 0 radical (unpaired) electrons. The summed E-state index contributed by atoms with van der Waals surface area (Å²) in [5, 5.41) is 9.65. The number of hydrogen-bond donors (Lipinski definition) is 2. The number of ether oxygens (including phenoxy) is 1. The molecule has 0 aliphatic heterocycles. The lowest BCUT2D eigenvalue weighted by Gasteiger charge is -2.12. The van der Waals surface area contributed by atoms with E-state index >= 15 is 0 Å². The molecule has 0 fully saturated rings. The normalized spacial score (nSPS) is 11.9. The number of H-pyrrole nitrogens is 1. The van der Waals surface area contributed by atoms with Gasteiger partial charge in [-0.15, -0.1) is 5.10 Å². The SMILES string of the molecule is C=N/C(=C\C(=C/C)c1cc(OCCCCSC)ccc1C)NC(=O)c1n[nH]c(Cc2ccccc2)n1. The van der Waals surface area contributed by atoms with Crippen LogP contribution >= 0.6 is 11.8 Å². The van der Waals surface area contributed by atoms with Crippen LogP contribution in [-0.4, -0.2) is 46.4 Å². The number of rotatable bonds is 13. The maximum atomic E-state index is 12.8. The van der Waals surface area contributed by atoms with Crippen LogP contribution in [0.3, 0.4) is 0 Å². The van der Waals surface area contributed by atoms with Gasteiger partial charge in [0, 0.05) is 6.42 Å². The molecule has 0 atom stereocenters. The monoisotopic (exact) mass is 503 g/mol. The molecule has 36 heavy (non-hydrogen) atoms. The predicted molar refractivity (Wildman–Crippen MR) is 149 cm³/mol. The van der Waals surface area contributed by atoms with Crippen molar-refractivity contribution in [1.29, 1.82) is 0 Å². The van der Waals surface area contributed by atoms with Crippen molar-refractivity contribution in [2.45, 2.75) is 33.1 Å². The van der Waals surface area contributed by atoms with E-state index in [1.807, 2.05) is 80.2 Å². The molecule has 0 spiro atoms. The highest BCUT2D eigenvalue weighted by atomic mass is 32.2. The molecule has 3 aromatic rings. The zero-order valence-electron chi connectivity index (χ0n) is 21.1. The summed E-state index contributed by atoms with van der Waals surface area (Å²) in [7, 11) is 0. The van der Waals surface area contributed by atoms with Crippen LogP contribution in [0.5, 0.6) is 5.75 Å². The van der Waals surface area contributed by atoms with Crippen molar-refractivity contribution in [2.75, 3.05) is 18.6 Å². The minimum atomic E-state index is -0.460. The average molecular weight is 504 g/mol. The number of amides is 1. The molecule has 0 aliphatic rings. The number of carbonyl (C=O) groups excluding carboxylic acids is 1. The minimum Gasteiger partial charge on any atom is -0.494 e. The van der Waals surface area contributed by atoms with Gasteiger partial charge in [-0.25, -0.2) is 9.98 Å². The van der Waals surface area contributed by atoms with E-state index in [0.717, 1.165) is 46.6 Å². The molecule has 0 saturated carbocycles. The van der Waals surface area contributed by atoms with E-state index in [1.54, 1.807) is 6.08 Å². The van der Waals surface area contributed by atoms with Crippen molar-refractivity contribution in [3.8, 4) is 5.75 Å². The number of nitrogens with one attached hydrogen (secondary N) is 2. The molecule has 1 amide bonds. The van der Waals surface area contributed by atoms with Gasteiger partial charge in [-0.3, -0.25) is 9.89 Å². The van der Waals surface area contributed by atoms with E-state index in [9.17, 15) is 4.79 Å². The number of hydrogen-bond acceptors (Lipinski definition) is 6. The Morgan fingerprint density at radius 1 is 1.22 bits per heavy atom. The summed E-state index contributed by atoms with van der Waals surface area (Å²) in [5.74, 6) is 2.46. The molecule has 0 bridgehead atoms. The Morgan fingerprint density at radius 3 is 2.75 bits per heavy atom. The molecular formula is C28H33N5O2S. The number of carbonyl (C=O) groups is 1. The van der Waals surface area contributed by atoms with E-state index in [0.29, 0.717) is 24.7 Å². The zero-order chi connectivity index (χ0) is 25.8. The smallest absolute Gasteiger partial charge is 0.296 e. The van der Waals surface area contributed by atoms with Gasteiger partial charge in [-0.2, -0.15) is 11.8 Å². The first-order chi connectivity index (χ1) is 17.5. The summed E-state index contributed by atoms with van der Waals surface area (Å²) in [4.78, 5) is 21.1. The Kier molecular flexibility index (Phi) is 10.5. The standard InChI is InChI=1S/C28H33N5O2S/c1-5-22(24-19-23(14-13-20(24)2)35-15-9-10-16-36-4)18-25(29-3)31-28(34)27-30-26(32-33-27)17-21-11-7-6-8-12-21/h5-8,11-14,18-19H,3,9-10,15-17H2,1-2,4H3,(H,31,34)(H,30,32,33)/b22-5+,25-18+. The zero-order valence-corrected chi connectivity index (χ0v) is 21.9. The molecule has 7 nitrogen and oxygen atoms in total. The molecule has 3 rings (SSSR count). The van der Waals surface area contributed by atoms with E-state index in [2.05, 4.69) is 38.5 Å². The lowest BCUT2D eigenvalue weighted by molar-refractivity contribution is 0.0955. The third kappa shape index (κ3) is 7.95. The van der Waals surface area contributed by atoms with Crippen LogP contribution in [0, 0.1) is 6.92 Å². The van der Waals surface area contributed by atoms with Crippen LogP contribution in [0.1, 0.15) is 52.9 Å². The van der Waals surface area contributed by atoms with Gasteiger partial charge in [-0.05, 0) is 85.9 Å². The Labute approximate surface area is 217 Å². The third-order valence-electron chi connectivity index (χ3n) is 5.50. The second kappa shape index (κ2) is 14.0. The molecular weight excluding hydrogens is 470 g/mol. The quantitative estimate of drug-likeness (QED) is 0.180. The highest BCUT2D eigenvalue weighted by Crippen LogP contribution is 2.26. The predicted octanol–water partition coefficient (Wildman–Crippen LogP) is 5.60. The molecule has 1 heterocycles. The van der Waals surface area contributed by atoms with E-state index < -0.39 is 5.91 Å².